The third kappa shape index (κ3) is 2.72. The molecule has 0 spiro atoms. The Balaban J connectivity index is 1.98. The summed E-state index contributed by atoms with van der Waals surface area (Å²) in [4.78, 5) is 13.4. The van der Waals surface area contributed by atoms with Gasteiger partial charge in [-0.1, -0.05) is 18.5 Å². The molecular weight excluding hydrogens is 380 g/mol. The van der Waals surface area contributed by atoms with E-state index in [-0.39, 0.29) is 11.3 Å². The highest BCUT2D eigenvalue weighted by Crippen LogP contribution is 2.41. The van der Waals surface area contributed by atoms with Crippen molar-refractivity contribution in [2.75, 3.05) is 0 Å². The van der Waals surface area contributed by atoms with Crippen LogP contribution in [0.5, 0.6) is 0 Å². The standard InChI is InChI=1S/C17H13ClN2O3S2/c1-2-13-8-14-16-10(9-25(22,23)17(14)24-13)7-15(21)20(19-16)12-5-3-11(18)4-6-12/h3-8H,2,9H2,1H3. The predicted octanol–water partition coefficient (Wildman–Crippen LogP) is 3.46. The lowest BCUT2D eigenvalue weighted by Gasteiger charge is -2.17. The molecule has 1 aliphatic heterocycles. The van der Waals surface area contributed by atoms with E-state index in [1.807, 2.05) is 13.0 Å². The van der Waals surface area contributed by atoms with Crippen molar-refractivity contribution in [3.05, 3.63) is 62.2 Å². The lowest BCUT2D eigenvalue weighted by atomic mass is 10.1. The van der Waals surface area contributed by atoms with Crippen LogP contribution in [0.1, 0.15) is 17.4 Å². The van der Waals surface area contributed by atoms with Crippen LogP contribution >= 0.6 is 22.9 Å². The molecule has 0 atom stereocenters. The molecule has 2 aromatic heterocycles. The zero-order valence-electron chi connectivity index (χ0n) is 13.2. The first-order valence-electron chi connectivity index (χ1n) is 7.64. The second kappa shape index (κ2) is 5.79. The highest BCUT2D eigenvalue weighted by molar-refractivity contribution is 7.93. The predicted molar refractivity (Wildman–Crippen MR) is 98.4 cm³/mol. The second-order valence-electron chi connectivity index (χ2n) is 5.77. The molecule has 0 bridgehead atoms. The van der Waals surface area contributed by atoms with Gasteiger partial charge in [-0.25, -0.2) is 8.42 Å². The maximum Gasteiger partial charge on any atom is 0.271 e. The van der Waals surface area contributed by atoms with Crippen molar-refractivity contribution in [2.45, 2.75) is 23.3 Å². The summed E-state index contributed by atoms with van der Waals surface area (Å²) in [5.74, 6) is -0.192. The minimum absolute atomic E-state index is 0.192. The Morgan fingerprint density at radius 3 is 2.64 bits per heavy atom. The Morgan fingerprint density at radius 2 is 1.96 bits per heavy atom. The number of thiophene rings is 1. The van der Waals surface area contributed by atoms with Gasteiger partial charge in [-0.2, -0.15) is 9.78 Å². The Labute approximate surface area is 153 Å². The van der Waals surface area contributed by atoms with Crippen LogP contribution in [0.3, 0.4) is 0 Å². The van der Waals surface area contributed by atoms with Crippen molar-refractivity contribution in [3.8, 4) is 16.9 Å². The zero-order valence-corrected chi connectivity index (χ0v) is 15.6. The monoisotopic (exact) mass is 392 g/mol. The van der Waals surface area contributed by atoms with Crippen LogP contribution in [0.4, 0.5) is 0 Å². The number of rotatable bonds is 2. The molecule has 0 saturated heterocycles. The molecule has 0 aliphatic carbocycles. The van der Waals surface area contributed by atoms with Gasteiger partial charge >= 0.3 is 0 Å². The minimum Gasteiger partial charge on any atom is -0.267 e. The van der Waals surface area contributed by atoms with E-state index in [4.69, 9.17) is 11.6 Å². The Bertz CT molecular complexity index is 1150. The molecule has 0 unspecified atom stereocenters. The number of aryl methyl sites for hydroxylation is 1. The van der Waals surface area contributed by atoms with Crippen LogP contribution in [0, 0.1) is 0 Å². The van der Waals surface area contributed by atoms with E-state index in [0.717, 1.165) is 11.3 Å². The van der Waals surface area contributed by atoms with Gasteiger partial charge in [0.25, 0.3) is 5.56 Å². The second-order valence-corrected chi connectivity index (χ2v) is 9.53. The fourth-order valence-electron chi connectivity index (χ4n) is 2.86. The van der Waals surface area contributed by atoms with Gasteiger partial charge in [0, 0.05) is 27.1 Å². The molecule has 3 aromatic rings. The van der Waals surface area contributed by atoms with Gasteiger partial charge < -0.3 is 0 Å². The molecule has 0 N–H and O–H groups in total. The van der Waals surface area contributed by atoms with Gasteiger partial charge in [0.1, 0.15) is 4.21 Å². The molecule has 1 aliphatic rings. The molecule has 0 radical (unpaired) electrons. The number of hydrogen-bond donors (Lipinski definition) is 0. The highest BCUT2D eigenvalue weighted by atomic mass is 35.5. The van der Waals surface area contributed by atoms with Crippen LogP contribution in [-0.4, -0.2) is 18.2 Å². The lowest BCUT2D eigenvalue weighted by molar-refractivity contribution is 0.596. The quantitative estimate of drug-likeness (QED) is 0.669. The van der Waals surface area contributed by atoms with E-state index < -0.39 is 9.84 Å². The number of sulfone groups is 1. The van der Waals surface area contributed by atoms with Gasteiger partial charge in [-0.05, 0) is 36.8 Å². The minimum atomic E-state index is -3.43. The Hall–Kier alpha value is -1.96. The molecular formula is C17H13ClN2O3S2. The van der Waals surface area contributed by atoms with Crippen molar-refractivity contribution in [2.24, 2.45) is 0 Å². The summed E-state index contributed by atoms with van der Waals surface area (Å²) in [5, 5.41) is 5.03. The molecule has 25 heavy (non-hydrogen) atoms. The molecule has 8 heteroatoms. The average molecular weight is 393 g/mol. The SMILES string of the molecule is CCc1cc2c(s1)S(=O)(=O)Cc1cc(=O)n(-c3ccc(Cl)cc3)nc1-2. The summed E-state index contributed by atoms with van der Waals surface area (Å²) in [6, 6.07) is 9.99. The van der Waals surface area contributed by atoms with E-state index in [0.29, 0.717) is 31.7 Å². The van der Waals surface area contributed by atoms with Crippen molar-refractivity contribution >= 4 is 32.8 Å². The van der Waals surface area contributed by atoms with Crippen LogP contribution in [0.25, 0.3) is 16.9 Å². The number of hydrogen-bond acceptors (Lipinski definition) is 5. The normalized spacial score (nSPS) is 14.8. The summed E-state index contributed by atoms with van der Waals surface area (Å²) >= 11 is 7.18. The Morgan fingerprint density at radius 1 is 1.24 bits per heavy atom. The first-order valence-corrected chi connectivity index (χ1v) is 10.5. The van der Waals surface area contributed by atoms with E-state index in [2.05, 4.69) is 5.10 Å². The number of halogens is 1. The van der Waals surface area contributed by atoms with Gasteiger partial charge in [-0.3, -0.25) is 4.79 Å². The van der Waals surface area contributed by atoms with E-state index in [1.54, 1.807) is 24.3 Å². The van der Waals surface area contributed by atoms with Crippen LogP contribution in [-0.2, 0) is 22.0 Å². The Kier molecular flexibility index (Phi) is 3.82. The molecule has 0 saturated carbocycles. The van der Waals surface area contributed by atoms with Gasteiger partial charge in [-0.15, -0.1) is 11.3 Å². The van der Waals surface area contributed by atoms with Crippen molar-refractivity contribution in [1.29, 1.82) is 0 Å². The average Bonchev–Trinajstić information content (AvgIpc) is 3.01. The van der Waals surface area contributed by atoms with Gasteiger partial charge in [0.15, 0.2) is 9.84 Å². The van der Waals surface area contributed by atoms with Crippen LogP contribution < -0.4 is 5.56 Å². The fourth-order valence-corrected chi connectivity index (χ4v) is 6.07. The van der Waals surface area contributed by atoms with E-state index in [9.17, 15) is 13.2 Å². The maximum atomic E-state index is 12.5. The molecule has 128 valence electrons. The van der Waals surface area contributed by atoms with E-state index >= 15 is 0 Å². The highest BCUT2D eigenvalue weighted by Gasteiger charge is 2.32. The molecule has 4 rings (SSSR count). The van der Waals surface area contributed by atoms with Crippen molar-refractivity contribution < 1.29 is 8.42 Å². The molecule has 0 amide bonds. The third-order valence-corrected chi connectivity index (χ3v) is 7.88. The van der Waals surface area contributed by atoms with Crippen LogP contribution in [0.2, 0.25) is 5.02 Å². The van der Waals surface area contributed by atoms with Crippen molar-refractivity contribution in [3.63, 3.8) is 0 Å². The zero-order chi connectivity index (χ0) is 17.8. The summed E-state index contributed by atoms with van der Waals surface area (Å²) in [7, 11) is -3.43. The first kappa shape index (κ1) is 16.5. The molecule has 3 heterocycles. The molecule has 0 fully saturated rings. The lowest BCUT2D eigenvalue weighted by Crippen LogP contribution is -2.25. The number of fused-ring (bicyclic) bond motifs is 3. The summed E-state index contributed by atoms with van der Waals surface area (Å²) in [6.07, 6.45) is 0.749. The molecule has 1 aromatic carbocycles. The van der Waals surface area contributed by atoms with Crippen LogP contribution in [0.15, 0.2) is 45.4 Å². The summed E-state index contributed by atoms with van der Waals surface area (Å²) < 4.78 is 26.7. The van der Waals surface area contributed by atoms with E-state index in [1.165, 1.54) is 22.1 Å². The smallest absolute Gasteiger partial charge is 0.267 e. The maximum absolute atomic E-state index is 12.5. The topological polar surface area (TPSA) is 69.0 Å². The number of nitrogens with zero attached hydrogens (tertiary/aromatic N) is 2. The summed E-state index contributed by atoms with van der Waals surface area (Å²) in [6.45, 7) is 1.98. The largest absolute Gasteiger partial charge is 0.271 e. The molecule has 5 nitrogen and oxygen atoms in total. The van der Waals surface area contributed by atoms with Gasteiger partial charge in [0.2, 0.25) is 0 Å². The van der Waals surface area contributed by atoms with Gasteiger partial charge in [0.05, 0.1) is 17.1 Å². The first-order chi connectivity index (χ1) is 11.9. The fraction of sp³-hybridized carbons (Fsp3) is 0.176. The third-order valence-electron chi connectivity index (χ3n) is 4.06. The van der Waals surface area contributed by atoms with Crippen molar-refractivity contribution in [1.82, 2.24) is 9.78 Å². The number of aromatic nitrogens is 2. The summed E-state index contributed by atoms with van der Waals surface area (Å²) in [5.41, 5.74) is 1.80. The number of benzene rings is 1.